The number of nitrogens with zero attached hydrogens (tertiary/aromatic N) is 2. The lowest BCUT2D eigenvalue weighted by Gasteiger charge is -2.24. The Hall–Kier alpha value is -3.93. The number of aliphatic hydroxyl groups is 1. The van der Waals surface area contributed by atoms with Crippen LogP contribution in [-0.2, 0) is 20.9 Å². The molecule has 1 aliphatic carbocycles. The van der Waals surface area contributed by atoms with Gasteiger partial charge in [-0.05, 0) is 52.7 Å². The fraction of sp³-hybridized carbons (Fsp3) is 0.323. The Labute approximate surface area is 217 Å². The van der Waals surface area contributed by atoms with Crippen molar-refractivity contribution in [1.29, 1.82) is 0 Å². The smallest absolute Gasteiger partial charge is 0.311 e. The summed E-state index contributed by atoms with van der Waals surface area (Å²) in [7, 11) is 0. The maximum Gasteiger partial charge on any atom is 0.311 e. The maximum absolute atomic E-state index is 13.6. The lowest BCUT2D eigenvalue weighted by Crippen LogP contribution is -2.26. The van der Waals surface area contributed by atoms with Gasteiger partial charge >= 0.3 is 5.97 Å². The minimum atomic E-state index is -0.493. The summed E-state index contributed by atoms with van der Waals surface area (Å²) >= 11 is 0. The SMILES string of the molecule is CCC(C)(C)C(=O)OCCCn1c(C)c(C2=C(O)C(=C3C(C)=Nc4ccccc43)C2=O)c2ccccc21. The molecule has 2 heterocycles. The molecule has 0 bridgehead atoms. The molecule has 190 valence electrons. The van der Waals surface area contributed by atoms with Crippen LogP contribution in [0.25, 0.3) is 22.0 Å². The third kappa shape index (κ3) is 3.91. The second-order valence-corrected chi connectivity index (χ2v) is 10.4. The van der Waals surface area contributed by atoms with Crippen LogP contribution >= 0.6 is 0 Å². The number of para-hydroxylation sites is 2. The average Bonchev–Trinajstić information content (AvgIpc) is 3.35. The van der Waals surface area contributed by atoms with Crippen LogP contribution in [0.1, 0.15) is 57.4 Å². The van der Waals surface area contributed by atoms with E-state index >= 15 is 0 Å². The molecule has 3 aromatic rings. The Morgan fingerprint density at radius 3 is 2.46 bits per heavy atom. The van der Waals surface area contributed by atoms with Crippen LogP contribution in [0.2, 0.25) is 0 Å². The van der Waals surface area contributed by atoms with E-state index in [0.29, 0.717) is 36.3 Å². The number of hydrogen-bond acceptors (Lipinski definition) is 5. The van der Waals surface area contributed by atoms with Crippen LogP contribution in [0.3, 0.4) is 0 Å². The van der Waals surface area contributed by atoms with Gasteiger partial charge in [-0.3, -0.25) is 14.6 Å². The molecule has 37 heavy (non-hydrogen) atoms. The zero-order chi connectivity index (χ0) is 26.5. The first-order valence-electron chi connectivity index (χ1n) is 12.8. The maximum atomic E-state index is 13.6. The molecule has 1 N–H and O–H groups in total. The van der Waals surface area contributed by atoms with E-state index in [1.54, 1.807) is 0 Å². The minimum absolute atomic E-state index is 0.0213. The van der Waals surface area contributed by atoms with E-state index in [4.69, 9.17) is 4.74 Å². The summed E-state index contributed by atoms with van der Waals surface area (Å²) in [5.74, 6) is -0.332. The number of hydrogen-bond donors (Lipinski definition) is 1. The van der Waals surface area contributed by atoms with Crippen LogP contribution in [0.5, 0.6) is 0 Å². The van der Waals surface area contributed by atoms with E-state index in [-0.39, 0.29) is 17.5 Å². The molecule has 0 fully saturated rings. The van der Waals surface area contributed by atoms with Crippen molar-refractivity contribution in [2.45, 2.75) is 54.0 Å². The van der Waals surface area contributed by atoms with E-state index in [9.17, 15) is 14.7 Å². The van der Waals surface area contributed by atoms with E-state index in [1.165, 1.54) is 0 Å². The van der Waals surface area contributed by atoms with Gasteiger partial charge in [0.2, 0.25) is 5.78 Å². The number of Topliss-reactive ketones (excluding diaryl/α,β-unsaturated/α-hetero) is 1. The van der Waals surface area contributed by atoms with Gasteiger partial charge in [0.05, 0.1) is 28.9 Å². The van der Waals surface area contributed by atoms with Crippen LogP contribution in [-0.4, -0.2) is 33.7 Å². The molecule has 0 spiro atoms. The van der Waals surface area contributed by atoms with Gasteiger partial charge in [-0.25, -0.2) is 0 Å². The van der Waals surface area contributed by atoms with Gasteiger partial charge in [-0.15, -0.1) is 0 Å². The number of carbonyl (C=O) groups excluding carboxylic acids is 2. The topological polar surface area (TPSA) is 80.9 Å². The first-order valence-corrected chi connectivity index (χ1v) is 12.8. The second-order valence-electron chi connectivity index (χ2n) is 10.4. The van der Waals surface area contributed by atoms with Crippen LogP contribution in [0.4, 0.5) is 5.69 Å². The number of aryl methyl sites for hydroxylation is 1. The van der Waals surface area contributed by atoms with Gasteiger partial charge in [0.25, 0.3) is 0 Å². The molecule has 6 nitrogen and oxygen atoms in total. The largest absolute Gasteiger partial charge is 0.506 e. The zero-order valence-corrected chi connectivity index (χ0v) is 22.0. The van der Waals surface area contributed by atoms with Gasteiger partial charge in [0.15, 0.2) is 0 Å². The number of esters is 1. The molecular weight excluding hydrogens is 464 g/mol. The van der Waals surface area contributed by atoms with Gasteiger partial charge in [-0.1, -0.05) is 43.3 Å². The number of fused-ring (bicyclic) bond motifs is 2. The van der Waals surface area contributed by atoms with Crippen molar-refractivity contribution in [1.82, 2.24) is 4.57 Å². The number of allylic oxidation sites excluding steroid dienone is 3. The predicted octanol–water partition coefficient (Wildman–Crippen LogP) is 6.73. The minimum Gasteiger partial charge on any atom is -0.506 e. The molecule has 0 unspecified atom stereocenters. The number of aromatic nitrogens is 1. The van der Waals surface area contributed by atoms with E-state index in [2.05, 4.69) is 9.56 Å². The number of aliphatic hydroxyl groups excluding tert-OH is 1. The zero-order valence-electron chi connectivity index (χ0n) is 22.0. The lowest BCUT2D eigenvalue weighted by atomic mass is 9.78. The third-order valence-corrected chi connectivity index (χ3v) is 7.68. The summed E-state index contributed by atoms with van der Waals surface area (Å²) in [4.78, 5) is 30.5. The highest BCUT2D eigenvalue weighted by molar-refractivity contribution is 6.47. The monoisotopic (exact) mass is 496 g/mol. The average molecular weight is 497 g/mol. The predicted molar refractivity (Wildman–Crippen MR) is 147 cm³/mol. The summed E-state index contributed by atoms with van der Waals surface area (Å²) in [5, 5.41) is 12.2. The lowest BCUT2D eigenvalue weighted by molar-refractivity contribution is -0.154. The Balaban J connectivity index is 1.49. The molecule has 2 aromatic carbocycles. The van der Waals surface area contributed by atoms with Gasteiger partial charge < -0.3 is 14.4 Å². The van der Waals surface area contributed by atoms with Gasteiger partial charge in [0.1, 0.15) is 5.76 Å². The first-order chi connectivity index (χ1) is 17.7. The molecule has 6 heteroatoms. The Morgan fingerprint density at radius 1 is 1.03 bits per heavy atom. The number of ketones is 1. The third-order valence-electron chi connectivity index (χ3n) is 7.68. The van der Waals surface area contributed by atoms with Crippen LogP contribution in [0, 0.1) is 12.3 Å². The molecule has 1 aliphatic heterocycles. The summed E-state index contributed by atoms with van der Waals surface area (Å²) in [6.45, 7) is 10.5. The molecule has 2 aliphatic rings. The van der Waals surface area contributed by atoms with Crippen molar-refractivity contribution in [3.8, 4) is 0 Å². The standard InChI is InChI=1S/C31H32N2O4/c1-6-31(4,5)30(36)37-17-11-16-33-19(3)25(21-13-8-10-15-23(21)33)27-28(34)26(29(27)35)24-18(2)32-22-14-9-7-12-20(22)24/h7-10,12-15,34H,6,11,16-17H2,1-5H3. The number of benzene rings is 2. The number of aliphatic imine (C=N–C) groups is 1. The Bertz CT molecular complexity index is 1550. The summed E-state index contributed by atoms with van der Waals surface area (Å²) < 4.78 is 7.67. The quantitative estimate of drug-likeness (QED) is 0.223. The Morgan fingerprint density at radius 2 is 1.73 bits per heavy atom. The highest BCUT2D eigenvalue weighted by atomic mass is 16.5. The molecule has 0 atom stereocenters. The Kier molecular flexibility index (Phi) is 6.14. The molecule has 1 aromatic heterocycles. The highest BCUT2D eigenvalue weighted by Gasteiger charge is 2.41. The van der Waals surface area contributed by atoms with Gasteiger partial charge in [-0.2, -0.15) is 0 Å². The van der Waals surface area contributed by atoms with Crippen LogP contribution in [0.15, 0.2) is 64.9 Å². The molecule has 0 amide bonds. The first kappa shape index (κ1) is 24.8. The van der Waals surface area contributed by atoms with Crippen molar-refractivity contribution >= 4 is 45.2 Å². The van der Waals surface area contributed by atoms with Crippen LogP contribution < -0.4 is 0 Å². The molecule has 0 saturated carbocycles. The fourth-order valence-corrected chi connectivity index (χ4v) is 5.16. The van der Waals surface area contributed by atoms with Crippen molar-refractivity contribution in [3.63, 3.8) is 0 Å². The van der Waals surface area contributed by atoms with Crippen molar-refractivity contribution in [3.05, 3.63) is 76.7 Å². The van der Waals surface area contributed by atoms with Crippen molar-refractivity contribution in [2.75, 3.05) is 6.61 Å². The summed E-state index contributed by atoms with van der Waals surface area (Å²) in [6, 6.07) is 15.6. The molecule has 0 saturated heterocycles. The molecule has 0 radical (unpaired) electrons. The summed E-state index contributed by atoms with van der Waals surface area (Å²) in [6.07, 6.45) is 1.36. The summed E-state index contributed by atoms with van der Waals surface area (Å²) in [5.41, 5.74) is 5.95. The van der Waals surface area contributed by atoms with E-state index in [1.807, 2.05) is 83.1 Å². The second kappa shape index (κ2) is 9.18. The molecule has 5 rings (SSSR count). The van der Waals surface area contributed by atoms with Gasteiger partial charge in [0, 0.05) is 45.6 Å². The van der Waals surface area contributed by atoms with Crippen molar-refractivity contribution in [2.24, 2.45) is 10.4 Å². The van der Waals surface area contributed by atoms with E-state index in [0.717, 1.165) is 45.5 Å². The number of carbonyl (C=O) groups is 2. The number of rotatable bonds is 7. The van der Waals surface area contributed by atoms with Crippen molar-refractivity contribution < 1.29 is 19.4 Å². The number of ether oxygens (including phenoxy) is 1. The van der Waals surface area contributed by atoms with E-state index < -0.39 is 5.41 Å². The highest BCUT2D eigenvalue weighted by Crippen LogP contribution is 2.47. The fourth-order valence-electron chi connectivity index (χ4n) is 5.16. The normalized spacial score (nSPS) is 17.2. The molecular formula is C31H32N2O4.